The third-order valence-corrected chi connectivity index (χ3v) is 5.34. The van der Waals surface area contributed by atoms with E-state index in [1.54, 1.807) is 12.4 Å². The number of imidazole rings is 1. The van der Waals surface area contributed by atoms with E-state index in [4.69, 9.17) is 10.7 Å². The maximum atomic E-state index is 9.31. The summed E-state index contributed by atoms with van der Waals surface area (Å²) < 4.78 is 1.89. The van der Waals surface area contributed by atoms with Crippen LogP contribution in [0.25, 0.3) is 11.2 Å². The molecule has 4 rings (SSSR count). The zero-order valence-electron chi connectivity index (χ0n) is 16.0. The van der Waals surface area contributed by atoms with Crippen LogP contribution in [0.1, 0.15) is 25.7 Å². The van der Waals surface area contributed by atoms with Gasteiger partial charge in [-0.1, -0.05) is 6.42 Å². The number of pyridine rings is 1. The van der Waals surface area contributed by atoms with Crippen molar-refractivity contribution in [1.29, 1.82) is 5.26 Å². The van der Waals surface area contributed by atoms with Gasteiger partial charge in [0.15, 0.2) is 5.65 Å². The van der Waals surface area contributed by atoms with E-state index in [9.17, 15) is 5.26 Å². The molecule has 0 aliphatic heterocycles. The van der Waals surface area contributed by atoms with Crippen LogP contribution in [-0.2, 0) is 7.05 Å². The molecule has 1 saturated carbocycles. The maximum absolute atomic E-state index is 9.31. The number of nitriles is 1. The number of nitrogen functional groups attached to an aromatic ring is 1. The van der Waals surface area contributed by atoms with Crippen LogP contribution in [0.15, 0.2) is 24.8 Å². The van der Waals surface area contributed by atoms with Gasteiger partial charge in [0, 0.05) is 38.2 Å². The smallest absolute Gasteiger partial charge is 0.164 e. The fourth-order valence-electron chi connectivity index (χ4n) is 3.76. The Hall–Kier alpha value is -3.41. The number of anilines is 4. The van der Waals surface area contributed by atoms with Crippen LogP contribution < -0.4 is 16.0 Å². The van der Waals surface area contributed by atoms with E-state index in [0.717, 1.165) is 48.4 Å². The molecule has 3 aromatic heterocycles. The van der Waals surface area contributed by atoms with Gasteiger partial charge in [0.05, 0.1) is 18.1 Å². The summed E-state index contributed by atoms with van der Waals surface area (Å²) in [5, 5.41) is 12.6. The minimum atomic E-state index is 0.114. The summed E-state index contributed by atoms with van der Waals surface area (Å²) in [6.45, 7) is 0. The number of nitrogens with zero attached hydrogens (tertiary/aromatic N) is 7. The number of nitrogens with one attached hydrogen (secondary N) is 1. The number of rotatable bonds is 4. The molecule has 9 heteroatoms. The standard InChI is InChI=1S/C19H23N9/c1-27-11-24-18-14(25-16-8-15(21)22-10-23-16)7-17(26-19(18)27)28(2)13-5-3-4-12(6-13)9-20/h7-8,10-13H,3-6H2,1-2H3,(H3,21,22,23,25,26)/t12-,13?/m1/s1. The van der Waals surface area contributed by atoms with Crippen molar-refractivity contribution in [2.45, 2.75) is 31.7 Å². The quantitative estimate of drug-likeness (QED) is 0.711. The third kappa shape index (κ3) is 3.41. The van der Waals surface area contributed by atoms with Crippen LogP contribution in [0.4, 0.5) is 23.1 Å². The first kappa shape index (κ1) is 18.0. The summed E-state index contributed by atoms with van der Waals surface area (Å²) in [7, 11) is 3.96. The van der Waals surface area contributed by atoms with Crippen molar-refractivity contribution in [3.63, 3.8) is 0 Å². The summed E-state index contributed by atoms with van der Waals surface area (Å²) >= 11 is 0. The Morgan fingerprint density at radius 1 is 1.29 bits per heavy atom. The van der Waals surface area contributed by atoms with E-state index in [0.29, 0.717) is 17.7 Å². The highest BCUT2D eigenvalue weighted by atomic mass is 15.2. The molecule has 0 spiro atoms. The van der Waals surface area contributed by atoms with Crippen molar-refractivity contribution in [2.75, 3.05) is 23.0 Å². The molecular weight excluding hydrogens is 354 g/mol. The van der Waals surface area contributed by atoms with Gasteiger partial charge >= 0.3 is 0 Å². The van der Waals surface area contributed by atoms with Crippen LogP contribution in [0.2, 0.25) is 0 Å². The summed E-state index contributed by atoms with van der Waals surface area (Å²) in [5.74, 6) is 1.94. The highest BCUT2D eigenvalue weighted by molar-refractivity contribution is 5.90. The van der Waals surface area contributed by atoms with Crippen LogP contribution in [0, 0.1) is 17.2 Å². The van der Waals surface area contributed by atoms with E-state index < -0.39 is 0 Å². The lowest BCUT2D eigenvalue weighted by Crippen LogP contribution is -2.36. The highest BCUT2D eigenvalue weighted by Crippen LogP contribution is 2.32. The number of hydrogen-bond donors (Lipinski definition) is 2. The predicted molar refractivity (Wildman–Crippen MR) is 108 cm³/mol. The first-order chi connectivity index (χ1) is 13.5. The molecule has 0 radical (unpaired) electrons. The highest BCUT2D eigenvalue weighted by Gasteiger charge is 2.26. The molecule has 1 unspecified atom stereocenters. The minimum Gasteiger partial charge on any atom is -0.384 e. The fraction of sp³-hybridized carbons (Fsp3) is 0.421. The van der Waals surface area contributed by atoms with Gasteiger partial charge in [-0.15, -0.1) is 0 Å². The molecule has 2 atom stereocenters. The van der Waals surface area contributed by atoms with Crippen LogP contribution in [0.5, 0.6) is 0 Å². The average Bonchev–Trinajstić information content (AvgIpc) is 3.08. The molecule has 0 aromatic carbocycles. The third-order valence-electron chi connectivity index (χ3n) is 5.34. The van der Waals surface area contributed by atoms with Crippen molar-refractivity contribution in [1.82, 2.24) is 24.5 Å². The van der Waals surface area contributed by atoms with Crippen LogP contribution >= 0.6 is 0 Å². The SMILES string of the molecule is CN(c1cc(Nc2cc(N)ncn2)c2ncn(C)c2n1)C1CCC[C@@H](C#N)C1. The summed E-state index contributed by atoms with van der Waals surface area (Å²) in [4.78, 5) is 19.6. The Bertz CT molecular complexity index is 1040. The lowest BCUT2D eigenvalue weighted by molar-refractivity contribution is 0.368. The van der Waals surface area contributed by atoms with Gasteiger partial charge in [-0.25, -0.2) is 19.9 Å². The molecule has 9 nitrogen and oxygen atoms in total. The van der Waals surface area contributed by atoms with Gasteiger partial charge in [0.2, 0.25) is 0 Å². The van der Waals surface area contributed by atoms with Gasteiger partial charge in [-0.2, -0.15) is 5.26 Å². The van der Waals surface area contributed by atoms with Crippen molar-refractivity contribution in [2.24, 2.45) is 13.0 Å². The maximum Gasteiger partial charge on any atom is 0.164 e. The Morgan fingerprint density at radius 3 is 2.93 bits per heavy atom. The van der Waals surface area contributed by atoms with Gasteiger partial charge in [0.25, 0.3) is 0 Å². The van der Waals surface area contributed by atoms with Gasteiger partial charge in [0.1, 0.15) is 29.3 Å². The number of nitrogens with two attached hydrogens (primary N) is 1. The first-order valence-electron chi connectivity index (χ1n) is 9.34. The monoisotopic (exact) mass is 377 g/mol. The molecule has 3 aromatic rings. The molecular formula is C19H23N9. The largest absolute Gasteiger partial charge is 0.384 e. The Balaban J connectivity index is 1.71. The molecule has 28 heavy (non-hydrogen) atoms. The van der Waals surface area contributed by atoms with E-state index in [-0.39, 0.29) is 5.92 Å². The zero-order valence-corrected chi connectivity index (χ0v) is 16.0. The van der Waals surface area contributed by atoms with Gasteiger partial charge in [-0.05, 0) is 19.3 Å². The van der Waals surface area contributed by atoms with Crippen LogP contribution in [0.3, 0.4) is 0 Å². The molecule has 0 bridgehead atoms. The summed E-state index contributed by atoms with van der Waals surface area (Å²) in [6, 6.07) is 6.37. The van der Waals surface area contributed by atoms with Crippen LogP contribution in [-0.4, -0.2) is 37.6 Å². The molecule has 1 aliphatic rings. The average molecular weight is 377 g/mol. The van der Waals surface area contributed by atoms with E-state index in [1.807, 2.05) is 24.7 Å². The first-order valence-corrected chi connectivity index (χ1v) is 9.34. The summed E-state index contributed by atoms with van der Waals surface area (Å²) in [5.41, 5.74) is 8.12. The second kappa shape index (κ2) is 7.31. The zero-order chi connectivity index (χ0) is 19.7. The van der Waals surface area contributed by atoms with Crippen molar-refractivity contribution in [3.05, 3.63) is 24.8 Å². The molecule has 1 aliphatic carbocycles. The van der Waals surface area contributed by atoms with E-state index in [2.05, 4.69) is 31.2 Å². The molecule has 1 fully saturated rings. The van der Waals surface area contributed by atoms with E-state index in [1.165, 1.54) is 6.33 Å². The topological polar surface area (TPSA) is 122 Å². The fourth-order valence-corrected chi connectivity index (χ4v) is 3.76. The number of aromatic nitrogens is 5. The minimum absolute atomic E-state index is 0.114. The second-order valence-corrected chi connectivity index (χ2v) is 7.27. The normalized spacial score (nSPS) is 19.3. The molecule has 0 saturated heterocycles. The number of fused-ring (bicyclic) bond motifs is 1. The van der Waals surface area contributed by atoms with Gasteiger partial charge < -0.3 is 20.5 Å². The predicted octanol–water partition coefficient (Wildman–Crippen LogP) is 2.60. The Kier molecular flexibility index (Phi) is 4.69. The molecule has 0 amide bonds. The second-order valence-electron chi connectivity index (χ2n) is 7.27. The number of aryl methyl sites for hydroxylation is 1. The van der Waals surface area contributed by atoms with Crippen molar-refractivity contribution < 1.29 is 0 Å². The van der Waals surface area contributed by atoms with Gasteiger partial charge in [-0.3, -0.25) is 0 Å². The Labute approximate surface area is 163 Å². The molecule has 144 valence electrons. The van der Waals surface area contributed by atoms with Crippen molar-refractivity contribution >= 4 is 34.3 Å². The van der Waals surface area contributed by atoms with E-state index >= 15 is 0 Å². The Morgan fingerprint density at radius 2 is 2.14 bits per heavy atom. The van der Waals surface area contributed by atoms with Crippen molar-refractivity contribution in [3.8, 4) is 6.07 Å². The molecule has 3 heterocycles. The lowest BCUT2D eigenvalue weighted by atomic mass is 9.86. The summed E-state index contributed by atoms with van der Waals surface area (Å²) in [6.07, 6.45) is 7.14. The number of hydrogen-bond acceptors (Lipinski definition) is 8. The molecule has 3 N–H and O–H groups in total. The lowest BCUT2D eigenvalue weighted by Gasteiger charge is -2.34.